The number of hydrogen-bond acceptors (Lipinski definition) is 3. The summed E-state index contributed by atoms with van der Waals surface area (Å²) in [6.07, 6.45) is 2.37. The zero-order valence-corrected chi connectivity index (χ0v) is 10.6. The van der Waals surface area contributed by atoms with Gasteiger partial charge in [0.2, 0.25) is 0 Å². The van der Waals surface area contributed by atoms with Crippen molar-refractivity contribution >= 4 is 0 Å². The van der Waals surface area contributed by atoms with Crippen molar-refractivity contribution in [1.82, 2.24) is 15.1 Å². The van der Waals surface area contributed by atoms with E-state index in [1.165, 1.54) is 18.8 Å². The Morgan fingerprint density at radius 1 is 1.47 bits per heavy atom. The Bertz CT molecular complexity index is 207. The highest BCUT2D eigenvalue weighted by molar-refractivity contribution is 5.02. The van der Waals surface area contributed by atoms with E-state index in [-0.39, 0.29) is 0 Å². The first-order valence-electron chi connectivity index (χ1n) is 5.99. The van der Waals surface area contributed by atoms with Gasteiger partial charge in [-0.15, -0.1) is 0 Å². The molecule has 88 valence electrons. The fraction of sp³-hybridized carbons (Fsp3) is 0.833. The van der Waals surface area contributed by atoms with Gasteiger partial charge in [0.15, 0.2) is 0 Å². The van der Waals surface area contributed by atoms with Crippen LogP contribution in [0.2, 0.25) is 0 Å². The summed E-state index contributed by atoms with van der Waals surface area (Å²) < 4.78 is 0. The van der Waals surface area contributed by atoms with Gasteiger partial charge in [-0.05, 0) is 26.8 Å². The quantitative estimate of drug-likeness (QED) is 0.752. The molecule has 1 saturated heterocycles. The smallest absolute Gasteiger partial charge is 0.0270 e. The third-order valence-electron chi connectivity index (χ3n) is 3.29. The molecular formula is C12H25N3. The van der Waals surface area contributed by atoms with E-state index in [0.29, 0.717) is 6.04 Å². The van der Waals surface area contributed by atoms with Crippen LogP contribution in [-0.2, 0) is 0 Å². The molecule has 0 aliphatic carbocycles. The largest absolute Gasteiger partial charge is 0.379 e. The lowest BCUT2D eigenvalue weighted by atomic mass is 10.2. The fourth-order valence-electron chi connectivity index (χ4n) is 1.92. The molecule has 1 atom stereocenters. The van der Waals surface area contributed by atoms with Crippen molar-refractivity contribution in [1.29, 1.82) is 0 Å². The Morgan fingerprint density at radius 3 is 2.60 bits per heavy atom. The van der Waals surface area contributed by atoms with Crippen LogP contribution in [0.5, 0.6) is 0 Å². The van der Waals surface area contributed by atoms with Gasteiger partial charge in [-0.1, -0.05) is 0 Å². The summed E-state index contributed by atoms with van der Waals surface area (Å²) in [7, 11) is 2.15. The molecule has 0 aromatic carbocycles. The Kier molecular flexibility index (Phi) is 5.12. The highest BCUT2D eigenvalue weighted by Crippen LogP contribution is 2.07. The van der Waals surface area contributed by atoms with Gasteiger partial charge in [0.05, 0.1) is 0 Å². The zero-order chi connectivity index (χ0) is 11.3. The molecule has 0 bridgehead atoms. The van der Waals surface area contributed by atoms with Crippen molar-refractivity contribution in [2.75, 3.05) is 39.8 Å². The summed E-state index contributed by atoms with van der Waals surface area (Å²) in [4.78, 5) is 4.82. The Morgan fingerprint density at radius 2 is 2.07 bits per heavy atom. The molecule has 1 heterocycles. The van der Waals surface area contributed by atoms with Gasteiger partial charge in [0.1, 0.15) is 0 Å². The average Bonchev–Trinajstić information content (AvgIpc) is 2.29. The molecule has 0 saturated carbocycles. The van der Waals surface area contributed by atoms with Gasteiger partial charge in [-0.2, -0.15) is 0 Å². The molecule has 0 radical (unpaired) electrons. The van der Waals surface area contributed by atoms with Crippen molar-refractivity contribution in [2.24, 2.45) is 0 Å². The molecule has 0 spiro atoms. The molecule has 3 nitrogen and oxygen atoms in total. The first-order chi connectivity index (χ1) is 7.15. The highest BCUT2D eigenvalue weighted by Gasteiger charge is 2.14. The third kappa shape index (κ3) is 3.84. The zero-order valence-electron chi connectivity index (χ0n) is 10.6. The normalized spacial score (nSPS) is 21.5. The van der Waals surface area contributed by atoms with E-state index >= 15 is 0 Å². The van der Waals surface area contributed by atoms with Crippen LogP contribution in [0.4, 0.5) is 0 Å². The monoisotopic (exact) mass is 211 g/mol. The first-order valence-corrected chi connectivity index (χ1v) is 5.99. The number of nitrogens with one attached hydrogen (secondary N) is 1. The maximum absolute atomic E-state index is 3.38. The molecular weight excluding hydrogens is 186 g/mol. The second-order valence-corrected chi connectivity index (χ2v) is 4.35. The fourth-order valence-corrected chi connectivity index (χ4v) is 1.92. The molecule has 0 aromatic heterocycles. The average molecular weight is 211 g/mol. The van der Waals surface area contributed by atoms with Crippen LogP contribution in [-0.4, -0.2) is 55.6 Å². The summed E-state index contributed by atoms with van der Waals surface area (Å²) >= 11 is 0. The van der Waals surface area contributed by atoms with Crippen LogP contribution in [0.15, 0.2) is 11.8 Å². The molecule has 0 amide bonds. The van der Waals surface area contributed by atoms with Gasteiger partial charge in [-0.25, -0.2) is 0 Å². The minimum absolute atomic E-state index is 0.557. The first kappa shape index (κ1) is 12.5. The van der Waals surface area contributed by atoms with Crippen LogP contribution in [0, 0.1) is 0 Å². The van der Waals surface area contributed by atoms with Gasteiger partial charge in [-0.3, -0.25) is 4.90 Å². The second-order valence-electron chi connectivity index (χ2n) is 4.35. The summed E-state index contributed by atoms with van der Waals surface area (Å²) in [5.74, 6) is 0. The Labute approximate surface area is 94.1 Å². The van der Waals surface area contributed by atoms with Gasteiger partial charge in [0, 0.05) is 51.5 Å². The van der Waals surface area contributed by atoms with Gasteiger partial charge < -0.3 is 10.2 Å². The number of hydrogen-bond donors (Lipinski definition) is 1. The van der Waals surface area contributed by atoms with E-state index < -0.39 is 0 Å². The predicted octanol–water partition coefficient (Wildman–Crippen LogP) is 1.14. The van der Waals surface area contributed by atoms with Crippen molar-refractivity contribution < 1.29 is 0 Å². The van der Waals surface area contributed by atoms with Crippen LogP contribution in [0.25, 0.3) is 0 Å². The van der Waals surface area contributed by atoms with Gasteiger partial charge >= 0.3 is 0 Å². The Hall–Kier alpha value is -0.540. The minimum Gasteiger partial charge on any atom is -0.379 e. The van der Waals surface area contributed by atoms with Crippen molar-refractivity contribution in [3.8, 4) is 0 Å². The summed E-state index contributed by atoms with van der Waals surface area (Å²) in [5, 5.41) is 3.38. The topological polar surface area (TPSA) is 18.5 Å². The lowest BCUT2D eigenvalue weighted by Gasteiger charge is -2.32. The summed E-state index contributed by atoms with van der Waals surface area (Å²) in [5.41, 5.74) is 1.38. The van der Waals surface area contributed by atoms with E-state index in [1.807, 2.05) is 0 Å². The SMILES string of the molecule is CCN(C)/C(C)=C\C(C)N1CCNCC1. The predicted molar refractivity (Wildman–Crippen MR) is 66.0 cm³/mol. The van der Waals surface area contributed by atoms with Crippen LogP contribution < -0.4 is 5.32 Å². The van der Waals surface area contributed by atoms with Crippen molar-refractivity contribution in [2.45, 2.75) is 26.8 Å². The standard InChI is InChI=1S/C12H25N3/c1-5-14(4)11(2)10-12(3)15-8-6-13-7-9-15/h10,12-13H,5-9H2,1-4H3/b11-10-. The van der Waals surface area contributed by atoms with Crippen LogP contribution in [0.3, 0.4) is 0 Å². The van der Waals surface area contributed by atoms with E-state index in [9.17, 15) is 0 Å². The number of nitrogens with zero attached hydrogens (tertiary/aromatic N) is 2. The number of rotatable bonds is 4. The van der Waals surface area contributed by atoms with Crippen molar-refractivity contribution in [3.05, 3.63) is 11.8 Å². The van der Waals surface area contributed by atoms with Crippen LogP contribution in [0.1, 0.15) is 20.8 Å². The summed E-state index contributed by atoms with van der Waals surface area (Å²) in [6, 6.07) is 0.557. The number of piperazine rings is 1. The minimum atomic E-state index is 0.557. The maximum atomic E-state index is 3.38. The molecule has 1 N–H and O–H groups in total. The van der Waals surface area contributed by atoms with E-state index in [1.54, 1.807) is 0 Å². The molecule has 1 aliphatic rings. The molecule has 1 aliphatic heterocycles. The molecule has 3 heteroatoms. The third-order valence-corrected chi connectivity index (χ3v) is 3.29. The van der Waals surface area contributed by atoms with E-state index in [4.69, 9.17) is 0 Å². The molecule has 1 unspecified atom stereocenters. The maximum Gasteiger partial charge on any atom is 0.0270 e. The van der Waals surface area contributed by atoms with E-state index in [0.717, 1.165) is 19.6 Å². The van der Waals surface area contributed by atoms with Crippen LogP contribution >= 0.6 is 0 Å². The van der Waals surface area contributed by atoms with Crippen molar-refractivity contribution in [3.63, 3.8) is 0 Å². The summed E-state index contributed by atoms with van der Waals surface area (Å²) in [6.45, 7) is 12.3. The van der Waals surface area contributed by atoms with Gasteiger partial charge in [0.25, 0.3) is 0 Å². The van der Waals surface area contributed by atoms with E-state index in [2.05, 4.69) is 49.0 Å². The Balaban J connectivity index is 2.48. The molecule has 1 fully saturated rings. The lowest BCUT2D eigenvalue weighted by molar-refractivity contribution is 0.210. The lowest BCUT2D eigenvalue weighted by Crippen LogP contribution is -2.47. The molecule has 1 rings (SSSR count). The molecule has 0 aromatic rings. The number of allylic oxidation sites excluding steroid dienone is 1. The second kappa shape index (κ2) is 6.13. The molecule has 15 heavy (non-hydrogen) atoms. The highest BCUT2D eigenvalue weighted by atomic mass is 15.2.